The summed E-state index contributed by atoms with van der Waals surface area (Å²) in [4.78, 5) is 12.6. The van der Waals surface area contributed by atoms with E-state index in [0.717, 1.165) is 28.0 Å². The summed E-state index contributed by atoms with van der Waals surface area (Å²) in [5.41, 5.74) is 3.32. The molecule has 0 aliphatic rings. The number of oxime groups is 1. The average molecular weight is 251 g/mol. The number of benzene rings is 1. The first kappa shape index (κ1) is 11.5. The van der Waals surface area contributed by atoms with Gasteiger partial charge in [0.15, 0.2) is 0 Å². The number of nitrogens with one attached hydrogen (secondary N) is 1. The quantitative estimate of drug-likeness (QED) is 0.574. The van der Waals surface area contributed by atoms with E-state index >= 15 is 0 Å². The van der Waals surface area contributed by atoms with Crippen molar-refractivity contribution >= 4 is 16.7 Å². The van der Waals surface area contributed by atoms with Crippen LogP contribution in [0.3, 0.4) is 0 Å². The van der Waals surface area contributed by atoms with Gasteiger partial charge in [-0.25, -0.2) is 4.98 Å². The standard InChI is InChI=1S/C15H13N3O/c1-19-18-14(11-5-3-2-4-6-11)13-8-7-12-9-10-16-15(12)17-13/h2-10H,1H3,(H,16,17)/b18-14-. The van der Waals surface area contributed by atoms with E-state index in [1.54, 1.807) is 0 Å². The van der Waals surface area contributed by atoms with Crippen LogP contribution in [0.4, 0.5) is 0 Å². The molecule has 0 bridgehead atoms. The second kappa shape index (κ2) is 4.94. The van der Waals surface area contributed by atoms with Gasteiger partial charge in [0.2, 0.25) is 0 Å². The van der Waals surface area contributed by atoms with Gasteiger partial charge in [0.1, 0.15) is 18.5 Å². The van der Waals surface area contributed by atoms with E-state index < -0.39 is 0 Å². The van der Waals surface area contributed by atoms with Gasteiger partial charge in [0, 0.05) is 17.1 Å². The summed E-state index contributed by atoms with van der Waals surface area (Å²) in [5, 5.41) is 5.17. The molecule has 3 aromatic rings. The Labute approximate surface area is 110 Å². The molecule has 19 heavy (non-hydrogen) atoms. The van der Waals surface area contributed by atoms with Gasteiger partial charge in [-0.15, -0.1) is 0 Å². The fraction of sp³-hybridized carbons (Fsp3) is 0.0667. The summed E-state index contributed by atoms with van der Waals surface area (Å²) in [6, 6.07) is 15.8. The number of H-pyrrole nitrogens is 1. The first-order chi connectivity index (χ1) is 9.38. The van der Waals surface area contributed by atoms with Crippen molar-refractivity contribution in [1.82, 2.24) is 9.97 Å². The number of rotatable bonds is 3. The molecule has 1 N–H and O–H groups in total. The number of aromatic nitrogens is 2. The summed E-state index contributed by atoms with van der Waals surface area (Å²) < 4.78 is 0. The average Bonchev–Trinajstić information content (AvgIpc) is 2.93. The van der Waals surface area contributed by atoms with Crippen LogP contribution in [0.5, 0.6) is 0 Å². The van der Waals surface area contributed by atoms with Crippen molar-refractivity contribution in [3.05, 3.63) is 66.0 Å². The molecule has 4 heteroatoms. The van der Waals surface area contributed by atoms with Gasteiger partial charge in [0.05, 0.1) is 5.69 Å². The molecular weight excluding hydrogens is 238 g/mol. The highest BCUT2D eigenvalue weighted by atomic mass is 16.6. The topological polar surface area (TPSA) is 50.3 Å². The lowest BCUT2D eigenvalue weighted by atomic mass is 10.1. The molecule has 0 radical (unpaired) electrons. The van der Waals surface area contributed by atoms with Crippen LogP contribution in [-0.2, 0) is 4.84 Å². The molecule has 0 amide bonds. The van der Waals surface area contributed by atoms with E-state index in [1.165, 1.54) is 7.11 Å². The predicted molar refractivity (Wildman–Crippen MR) is 75.2 cm³/mol. The fourth-order valence-corrected chi connectivity index (χ4v) is 2.00. The van der Waals surface area contributed by atoms with Crippen LogP contribution in [0, 0.1) is 0 Å². The van der Waals surface area contributed by atoms with Crippen LogP contribution in [0.25, 0.3) is 11.0 Å². The molecule has 0 aliphatic carbocycles. The van der Waals surface area contributed by atoms with Crippen LogP contribution < -0.4 is 0 Å². The fourth-order valence-electron chi connectivity index (χ4n) is 2.00. The minimum absolute atomic E-state index is 0.722. The Kier molecular flexibility index (Phi) is 2.98. The number of hydrogen-bond acceptors (Lipinski definition) is 3. The largest absolute Gasteiger partial charge is 0.399 e. The molecule has 0 saturated carbocycles. The van der Waals surface area contributed by atoms with E-state index in [4.69, 9.17) is 4.84 Å². The van der Waals surface area contributed by atoms with Crippen LogP contribution >= 0.6 is 0 Å². The molecule has 2 heterocycles. The highest BCUT2D eigenvalue weighted by Crippen LogP contribution is 2.14. The van der Waals surface area contributed by atoms with Crippen LogP contribution in [-0.4, -0.2) is 22.8 Å². The van der Waals surface area contributed by atoms with Crippen LogP contribution in [0.1, 0.15) is 11.3 Å². The van der Waals surface area contributed by atoms with Crippen molar-refractivity contribution in [1.29, 1.82) is 0 Å². The molecule has 0 aliphatic heterocycles. The Balaban J connectivity index is 2.12. The van der Waals surface area contributed by atoms with Crippen molar-refractivity contribution in [3.8, 4) is 0 Å². The first-order valence-electron chi connectivity index (χ1n) is 5.99. The number of pyridine rings is 1. The lowest BCUT2D eigenvalue weighted by molar-refractivity contribution is 0.214. The van der Waals surface area contributed by atoms with E-state index in [2.05, 4.69) is 15.1 Å². The number of fused-ring (bicyclic) bond motifs is 1. The molecule has 3 rings (SSSR count). The van der Waals surface area contributed by atoms with E-state index in [9.17, 15) is 0 Å². The molecule has 0 saturated heterocycles. The molecule has 2 aromatic heterocycles. The SMILES string of the molecule is CO/N=C(/c1ccccc1)c1ccc2cc[nH]c2n1. The second-order valence-electron chi connectivity index (χ2n) is 4.10. The first-order valence-corrected chi connectivity index (χ1v) is 5.99. The Morgan fingerprint density at radius 1 is 1.11 bits per heavy atom. The Hall–Kier alpha value is -2.62. The highest BCUT2D eigenvalue weighted by molar-refractivity contribution is 6.12. The zero-order valence-corrected chi connectivity index (χ0v) is 10.5. The predicted octanol–water partition coefficient (Wildman–Crippen LogP) is 2.96. The monoisotopic (exact) mass is 251 g/mol. The number of aromatic amines is 1. The van der Waals surface area contributed by atoms with Crippen molar-refractivity contribution in [2.24, 2.45) is 5.16 Å². The van der Waals surface area contributed by atoms with Gasteiger partial charge in [-0.1, -0.05) is 35.5 Å². The summed E-state index contributed by atoms with van der Waals surface area (Å²) in [7, 11) is 1.54. The lowest BCUT2D eigenvalue weighted by Gasteiger charge is -2.05. The lowest BCUT2D eigenvalue weighted by Crippen LogP contribution is -2.06. The summed E-state index contributed by atoms with van der Waals surface area (Å²) in [5.74, 6) is 0. The normalized spacial score (nSPS) is 11.7. The molecule has 0 spiro atoms. The third-order valence-corrected chi connectivity index (χ3v) is 2.88. The van der Waals surface area contributed by atoms with E-state index in [-0.39, 0.29) is 0 Å². The molecule has 0 fully saturated rings. The third kappa shape index (κ3) is 2.20. The summed E-state index contributed by atoms with van der Waals surface area (Å²) in [6.45, 7) is 0. The maximum absolute atomic E-state index is 4.94. The van der Waals surface area contributed by atoms with Gasteiger partial charge in [-0.2, -0.15) is 0 Å². The zero-order chi connectivity index (χ0) is 13.1. The maximum atomic E-state index is 4.94. The Bertz CT molecular complexity index is 716. The van der Waals surface area contributed by atoms with Crippen molar-refractivity contribution in [3.63, 3.8) is 0 Å². The van der Waals surface area contributed by atoms with E-state index in [1.807, 2.05) is 54.7 Å². The number of hydrogen-bond donors (Lipinski definition) is 1. The van der Waals surface area contributed by atoms with Crippen molar-refractivity contribution in [2.75, 3.05) is 7.11 Å². The summed E-state index contributed by atoms with van der Waals surface area (Å²) in [6.07, 6.45) is 1.87. The Morgan fingerprint density at radius 2 is 1.95 bits per heavy atom. The third-order valence-electron chi connectivity index (χ3n) is 2.88. The van der Waals surface area contributed by atoms with Crippen molar-refractivity contribution < 1.29 is 4.84 Å². The van der Waals surface area contributed by atoms with Gasteiger partial charge in [-0.05, 0) is 18.2 Å². The van der Waals surface area contributed by atoms with E-state index in [0.29, 0.717) is 0 Å². The maximum Gasteiger partial charge on any atom is 0.138 e. The van der Waals surface area contributed by atoms with Gasteiger partial charge >= 0.3 is 0 Å². The molecule has 0 unspecified atom stereocenters. The Morgan fingerprint density at radius 3 is 2.74 bits per heavy atom. The molecule has 0 atom stereocenters. The number of nitrogens with zero attached hydrogens (tertiary/aromatic N) is 2. The minimum Gasteiger partial charge on any atom is -0.399 e. The van der Waals surface area contributed by atoms with Gasteiger partial charge in [0.25, 0.3) is 0 Å². The molecule has 94 valence electrons. The molecular formula is C15H13N3O. The van der Waals surface area contributed by atoms with Crippen LogP contribution in [0.2, 0.25) is 0 Å². The van der Waals surface area contributed by atoms with Crippen LogP contribution in [0.15, 0.2) is 59.9 Å². The molecule has 1 aromatic carbocycles. The molecule has 4 nitrogen and oxygen atoms in total. The van der Waals surface area contributed by atoms with Gasteiger partial charge in [-0.3, -0.25) is 0 Å². The zero-order valence-electron chi connectivity index (χ0n) is 10.5. The minimum atomic E-state index is 0.722. The van der Waals surface area contributed by atoms with Gasteiger partial charge < -0.3 is 9.82 Å². The van der Waals surface area contributed by atoms with Crippen molar-refractivity contribution in [2.45, 2.75) is 0 Å². The second-order valence-corrected chi connectivity index (χ2v) is 4.10. The summed E-state index contributed by atoms with van der Waals surface area (Å²) >= 11 is 0. The smallest absolute Gasteiger partial charge is 0.138 e. The highest BCUT2D eigenvalue weighted by Gasteiger charge is 2.10.